The molecule has 6 heteroatoms. The number of carbonyl (C=O) groups is 1. The number of rotatable bonds is 3. The molecule has 0 saturated carbocycles. The summed E-state index contributed by atoms with van der Waals surface area (Å²) in [4.78, 5) is 12.5. The molecule has 1 aromatic rings. The van der Waals surface area contributed by atoms with Crippen LogP contribution < -0.4 is 5.32 Å². The van der Waals surface area contributed by atoms with Gasteiger partial charge in [-0.05, 0) is 25.8 Å². The predicted octanol–water partition coefficient (Wildman–Crippen LogP) is 3.58. The Morgan fingerprint density at radius 1 is 1.70 bits per heavy atom. The van der Waals surface area contributed by atoms with Gasteiger partial charge in [-0.15, -0.1) is 11.3 Å². The SMILES string of the molecule is CC[C@]1(C)Cc2c(sc(NC(=O)[C@H](C)Br)c2C#N)CO1. The van der Waals surface area contributed by atoms with Crippen LogP contribution in [0, 0.1) is 11.3 Å². The Hall–Kier alpha value is -0.900. The molecule has 1 aliphatic rings. The summed E-state index contributed by atoms with van der Waals surface area (Å²) in [6, 6.07) is 2.23. The van der Waals surface area contributed by atoms with Crippen LogP contribution in [0.2, 0.25) is 0 Å². The van der Waals surface area contributed by atoms with E-state index in [2.05, 4.69) is 41.2 Å². The molecule has 0 spiro atoms. The summed E-state index contributed by atoms with van der Waals surface area (Å²) in [5.41, 5.74) is 1.41. The fourth-order valence-electron chi connectivity index (χ4n) is 2.13. The van der Waals surface area contributed by atoms with Gasteiger partial charge in [0.25, 0.3) is 0 Å². The van der Waals surface area contributed by atoms with Crippen LogP contribution in [0.4, 0.5) is 5.00 Å². The lowest BCUT2D eigenvalue weighted by atomic mass is 9.90. The molecule has 0 radical (unpaired) electrons. The average molecular weight is 357 g/mol. The molecule has 2 heterocycles. The van der Waals surface area contributed by atoms with Crippen LogP contribution in [0.3, 0.4) is 0 Å². The fourth-order valence-corrected chi connectivity index (χ4v) is 3.32. The molecule has 0 unspecified atom stereocenters. The average Bonchev–Trinajstić information content (AvgIpc) is 2.74. The number of hydrogen-bond donors (Lipinski definition) is 1. The fraction of sp³-hybridized carbons (Fsp3) is 0.571. The van der Waals surface area contributed by atoms with Crippen molar-refractivity contribution in [1.82, 2.24) is 0 Å². The number of nitrogens with one attached hydrogen (secondary N) is 1. The predicted molar refractivity (Wildman–Crippen MR) is 83.2 cm³/mol. The van der Waals surface area contributed by atoms with E-state index in [1.165, 1.54) is 11.3 Å². The molecule has 2 atom stereocenters. The first-order valence-electron chi connectivity index (χ1n) is 6.53. The second-order valence-corrected chi connectivity index (χ2v) is 7.67. The van der Waals surface area contributed by atoms with Gasteiger partial charge in [0.1, 0.15) is 11.1 Å². The number of anilines is 1. The molecule has 4 nitrogen and oxygen atoms in total. The number of fused-ring (bicyclic) bond motifs is 1. The zero-order chi connectivity index (χ0) is 14.9. The molecule has 0 saturated heterocycles. The van der Waals surface area contributed by atoms with Crippen molar-refractivity contribution in [2.24, 2.45) is 0 Å². The topological polar surface area (TPSA) is 62.1 Å². The van der Waals surface area contributed by atoms with Crippen molar-refractivity contribution in [2.75, 3.05) is 5.32 Å². The Kier molecular flexibility index (Phi) is 4.52. The van der Waals surface area contributed by atoms with E-state index in [1.807, 2.05) is 0 Å². The molecule has 20 heavy (non-hydrogen) atoms. The Balaban J connectivity index is 2.35. The third-order valence-corrected chi connectivity index (χ3v) is 5.19. The lowest BCUT2D eigenvalue weighted by Crippen LogP contribution is -2.34. The molecule has 0 aliphatic carbocycles. The van der Waals surface area contributed by atoms with E-state index in [4.69, 9.17) is 4.74 Å². The van der Waals surface area contributed by atoms with Crippen LogP contribution in [0.5, 0.6) is 0 Å². The number of nitrogens with zero attached hydrogens (tertiary/aromatic N) is 1. The Morgan fingerprint density at radius 3 is 2.95 bits per heavy atom. The molecular weight excluding hydrogens is 340 g/mol. The maximum Gasteiger partial charge on any atom is 0.238 e. The first-order valence-corrected chi connectivity index (χ1v) is 8.27. The molecule has 1 aromatic heterocycles. The van der Waals surface area contributed by atoms with Gasteiger partial charge >= 0.3 is 0 Å². The summed E-state index contributed by atoms with van der Waals surface area (Å²) >= 11 is 4.67. The maximum absolute atomic E-state index is 11.8. The van der Waals surface area contributed by atoms with Crippen molar-refractivity contribution in [1.29, 1.82) is 5.26 Å². The maximum atomic E-state index is 11.8. The minimum Gasteiger partial charge on any atom is -0.369 e. The van der Waals surface area contributed by atoms with Crippen LogP contribution in [-0.2, 0) is 22.6 Å². The standard InChI is InChI=1S/C14H17BrN2O2S/c1-4-14(3)5-9-10(6-16)13(17-12(18)8(2)15)20-11(9)7-19-14/h8H,4-5,7H2,1-3H3,(H,17,18)/t8-,14+/m0/s1. The van der Waals surface area contributed by atoms with Gasteiger partial charge < -0.3 is 10.1 Å². The van der Waals surface area contributed by atoms with Crippen LogP contribution in [-0.4, -0.2) is 16.3 Å². The highest BCUT2D eigenvalue weighted by molar-refractivity contribution is 9.10. The monoisotopic (exact) mass is 356 g/mol. The second-order valence-electron chi connectivity index (χ2n) is 5.19. The summed E-state index contributed by atoms with van der Waals surface area (Å²) in [5, 5.41) is 12.9. The van der Waals surface area contributed by atoms with Crippen LogP contribution in [0.25, 0.3) is 0 Å². The van der Waals surface area contributed by atoms with Gasteiger partial charge in [0.2, 0.25) is 5.91 Å². The molecule has 108 valence electrons. The number of hydrogen-bond acceptors (Lipinski definition) is 4. The van der Waals surface area contributed by atoms with E-state index in [9.17, 15) is 10.1 Å². The summed E-state index contributed by atoms with van der Waals surface area (Å²) in [7, 11) is 0. The van der Waals surface area contributed by atoms with Crippen molar-refractivity contribution in [3.05, 3.63) is 16.0 Å². The summed E-state index contributed by atoms with van der Waals surface area (Å²) in [6.45, 7) is 6.41. The van der Waals surface area contributed by atoms with Crippen LogP contribution in [0.15, 0.2) is 0 Å². The zero-order valence-corrected chi connectivity index (χ0v) is 14.2. The van der Waals surface area contributed by atoms with E-state index in [-0.39, 0.29) is 16.3 Å². The van der Waals surface area contributed by atoms with E-state index in [0.29, 0.717) is 17.2 Å². The number of alkyl halides is 1. The third-order valence-electron chi connectivity index (χ3n) is 3.65. The number of nitriles is 1. The van der Waals surface area contributed by atoms with Gasteiger partial charge in [-0.1, -0.05) is 22.9 Å². The summed E-state index contributed by atoms with van der Waals surface area (Å²) in [5.74, 6) is -0.140. The molecule has 1 aliphatic heterocycles. The third kappa shape index (κ3) is 2.90. The van der Waals surface area contributed by atoms with E-state index in [1.54, 1.807) is 6.92 Å². The van der Waals surface area contributed by atoms with Gasteiger partial charge in [-0.2, -0.15) is 5.26 Å². The van der Waals surface area contributed by atoms with E-state index in [0.717, 1.165) is 23.3 Å². The molecular formula is C14H17BrN2O2S. The van der Waals surface area contributed by atoms with Gasteiger partial charge in [-0.25, -0.2) is 0 Å². The zero-order valence-electron chi connectivity index (χ0n) is 11.7. The molecule has 0 bridgehead atoms. The smallest absolute Gasteiger partial charge is 0.238 e. The highest BCUT2D eigenvalue weighted by Crippen LogP contribution is 2.41. The Morgan fingerprint density at radius 2 is 2.40 bits per heavy atom. The second kappa shape index (κ2) is 5.84. The van der Waals surface area contributed by atoms with Crippen molar-refractivity contribution in [3.63, 3.8) is 0 Å². The molecule has 1 N–H and O–H groups in total. The Labute approximate surface area is 131 Å². The van der Waals surface area contributed by atoms with Crippen molar-refractivity contribution >= 4 is 38.2 Å². The minimum absolute atomic E-state index is 0.140. The van der Waals surface area contributed by atoms with E-state index >= 15 is 0 Å². The molecule has 1 amide bonds. The number of thiophene rings is 1. The van der Waals surface area contributed by atoms with Crippen LogP contribution >= 0.6 is 27.3 Å². The number of halogens is 1. The largest absolute Gasteiger partial charge is 0.369 e. The molecule has 2 rings (SSSR count). The highest BCUT2D eigenvalue weighted by Gasteiger charge is 2.33. The first kappa shape index (κ1) is 15.5. The number of carbonyl (C=O) groups excluding carboxylic acids is 1. The van der Waals surface area contributed by atoms with Crippen molar-refractivity contribution < 1.29 is 9.53 Å². The summed E-state index contributed by atoms with van der Waals surface area (Å²) < 4.78 is 5.89. The summed E-state index contributed by atoms with van der Waals surface area (Å²) in [6.07, 6.45) is 1.62. The number of ether oxygens (including phenoxy) is 1. The minimum atomic E-state index is -0.287. The molecule has 0 aromatic carbocycles. The first-order chi connectivity index (χ1) is 9.40. The van der Waals surface area contributed by atoms with Crippen molar-refractivity contribution in [3.8, 4) is 6.07 Å². The lowest BCUT2D eigenvalue weighted by Gasteiger charge is -2.32. The van der Waals surface area contributed by atoms with Crippen molar-refractivity contribution in [2.45, 2.75) is 50.6 Å². The van der Waals surface area contributed by atoms with Gasteiger partial charge in [0.15, 0.2) is 0 Å². The Bertz CT molecular complexity index is 576. The van der Waals surface area contributed by atoms with Gasteiger partial charge in [-0.3, -0.25) is 4.79 Å². The quantitative estimate of drug-likeness (QED) is 0.841. The van der Waals surface area contributed by atoms with Crippen LogP contribution in [0.1, 0.15) is 43.2 Å². The number of amides is 1. The van der Waals surface area contributed by atoms with Gasteiger partial charge in [0.05, 0.1) is 22.6 Å². The highest BCUT2D eigenvalue weighted by atomic mass is 79.9. The molecule has 0 fully saturated rings. The van der Waals surface area contributed by atoms with E-state index < -0.39 is 0 Å². The normalized spacial score (nSPS) is 22.8. The van der Waals surface area contributed by atoms with Gasteiger partial charge in [0, 0.05) is 11.3 Å². The lowest BCUT2D eigenvalue weighted by molar-refractivity contribution is -0.115.